The number of nitrogens with zero attached hydrogens (tertiary/aromatic N) is 3. The third kappa shape index (κ3) is 3.26. The second kappa shape index (κ2) is 5.48. The summed E-state index contributed by atoms with van der Waals surface area (Å²) in [5.41, 5.74) is 7.07. The molecular formula is C14H21N5O. The molecule has 6 heteroatoms. The van der Waals surface area contributed by atoms with Gasteiger partial charge in [0.25, 0.3) is 0 Å². The molecule has 0 aliphatic rings. The lowest BCUT2D eigenvalue weighted by Crippen LogP contribution is -2.13. The fourth-order valence-corrected chi connectivity index (χ4v) is 1.89. The number of hydrogen-bond acceptors (Lipinski definition) is 4. The number of primary amides is 1. The Morgan fingerprint density at radius 3 is 2.85 bits per heavy atom. The Bertz CT molecular complexity index is 612. The highest BCUT2D eigenvalue weighted by molar-refractivity contribution is 5.73. The molecule has 0 aromatic carbocycles. The number of carbonyl (C=O) groups excluding carboxylic acids is 1. The first-order valence-electron chi connectivity index (χ1n) is 6.75. The van der Waals surface area contributed by atoms with E-state index in [4.69, 9.17) is 5.73 Å². The van der Waals surface area contributed by atoms with Crippen LogP contribution >= 0.6 is 0 Å². The predicted molar refractivity (Wildman–Crippen MR) is 78.6 cm³/mol. The first-order chi connectivity index (χ1) is 9.38. The van der Waals surface area contributed by atoms with Crippen molar-refractivity contribution >= 4 is 17.2 Å². The van der Waals surface area contributed by atoms with Gasteiger partial charge < -0.3 is 11.1 Å². The normalized spacial score (nSPS) is 11.8. The summed E-state index contributed by atoms with van der Waals surface area (Å²) in [4.78, 5) is 15.0. The Kier molecular flexibility index (Phi) is 3.92. The van der Waals surface area contributed by atoms with Gasteiger partial charge in [0.05, 0.1) is 5.69 Å². The summed E-state index contributed by atoms with van der Waals surface area (Å²) in [7, 11) is 0. The van der Waals surface area contributed by atoms with Crippen LogP contribution in [0.3, 0.4) is 0 Å². The lowest BCUT2D eigenvalue weighted by molar-refractivity contribution is -0.118. The van der Waals surface area contributed by atoms with Crippen molar-refractivity contribution in [3.05, 3.63) is 24.2 Å². The van der Waals surface area contributed by atoms with Crippen molar-refractivity contribution in [1.82, 2.24) is 14.6 Å². The molecule has 0 aliphatic heterocycles. The van der Waals surface area contributed by atoms with Crippen LogP contribution in [0.2, 0.25) is 0 Å². The van der Waals surface area contributed by atoms with E-state index < -0.39 is 0 Å². The largest absolute Gasteiger partial charge is 0.370 e. The van der Waals surface area contributed by atoms with Crippen LogP contribution in [0.1, 0.15) is 39.3 Å². The van der Waals surface area contributed by atoms with Crippen molar-refractivity contribution in [2.75, 3.05) is 11.9 Å². The SMILES string of the molecule is CC(C)(C)c1cc2c(NCCCC(N)=O)nccn2n1. The number of amides is 1. The quantitative estimate of drug-likeness (QED) is 0.813. The van der Waals surface area contributed by atoms with E-state index in [-0.39, 0.29) is 11.3 Å². The van der Waals surface area contributed by atoms with Crippen LogP contribution in [-0.2, 0) is 10.2 Å². The Morgan fingerprint density at radius 2 is 2.20 bits per heavy atom. The Balaban J connectivity index is 2.17. The molecular weight excluding hydrogens is 254 g/mol. The Labute approximate surface area is 118 Å². The molecule has 1 amide bonds. The maximum absolute atomic E-state index is 10.7. The van der Waals surface area contributed by atoms with Crippen molar-refractivity contribution < 1.29 is 4.79 Å². The first kappa shape index (κ1) is 14.3. The summed E-state index contributed by atoms with van der Waals surface area (Å²) in [6.07, 6.45) is 4.61. The van der Waals surface area contributed by atoms with Crippen LogP contribution in [0, 0.1) is 0 Å². The first-order valence-corrected chi connectivity index (χ1v) is 6.75. The van der Waals surface area contributed by atoms with Crippen molar-refractivity contribution in [2.24, 2.45) is 5.73 Å². The minimum atomic E-state index is -0.280. The molecule has 2 rings (SSSR count). The minimum absolute atomic E-state index is 0.00470. The molecule has 0 radical (unpaired) electrons. The summed E-state index contributed by atoms with van der Waals surface area (Å²) in [5, 5.41) is 7.79. The zero-order chi connectivity index (χ0) is 14.8. The van der Waals surface area contributed by atoms with Gasteiger partial charge in [-0.3, -0.25) is 4.79 Å². The highest BCUT2D eigenvalue weighted by atomic mass is 16.1. The summed E-state index contributed by atoms with van der Waals surface area (Å²) in [6.45, 7) is 7.04. The molecule has 2 aromatic heterocycles. The molecule has 0 aliphatic carbocycles. The monoisotopic (exact) mass is 275 g/mol. The average molecular weight is 275 g/mol. The highest BCUT2D eigenvalue weighted by Crippen LogP contribution is 2.24. The average Bonchev–Trinajstić information content (AvgIpc) is 2.78. The molecule has 3 N–H and O–H groups in total. The van der Waals surface area contributed by atoms with Crippen LogP contribution < -0.4 is 11.1 Å². The van der Waals surface area contributed by atoms with Gasteiger partial charge in [0.1, 0.15) is 5.52 Å². The number of aromatic nitrogens is 3. The van der Waals surface area contributed by atoms with Crippen LogP contribution in [0.15, 0.2) is 18.5 Å². The van der Waals surface area contributed by atoms with E-state index in [0.29, 0.717) is 19.4 Å². The smallest absolute Gasteiger partial charge is 0.217 e. The number of carbonyl (C=O) groups is 1. The van der Waals surface area contributed by atoms with Crippen molar-refractivity contribution in [1.29, 1.82) is 0 Å². The van der Waals surface area contributed by atoms with Gasteiger partial charge in [-0.2, -0.15) is 5.10 Å². The standard InChI is InChI=1S/C14H21N5O/c1-14(2,3)11-9-10-13(16-6-4-5-12(15)20)17-7-8-19(10)18-11/h7-9H,4-6H2,1-3H3,(H2,15,20)(H,16,17). The van der Waals surface area contributed by atoms with Crippen molar-refractivity contribution in [3.63, 3.8) is 0 Å². The maximum Gasteiger partial charge on any atom is 0.217 e. The van der Waals surface area contributed by atoms with Gasteiger partial charge in [0.2, 0.25) is 5.91 Å². The zero-order valence-corrected chi connectivity index (χ0v) is 12.2. The van der Waals surface area contributed by atoms with Gasteiger partial charge in [-0.25, -0.2) is 9.50 Å². The Morgan fingerprint density at radius 1 is 1.45 bits per heavy atom. The summed E-state index contributed by atoms with van der Waals surface area (Å²) in [6, 6.07) is 2.05. The van der Waals surface area contributed by atoms with Gasteiger partial charge in [0, 0.05) is 30.8 Å². The molecule has 6 nitrogen and oxygen atoms in total. The summed E-state index contributed by atoms with van der Waals surface area (Å²) >= 11 is 0. The van der Waals surface area contributed by atoms with E-state index in [0.717, 1.165) is 17.0 Å². The third-order valence-corrected chi connectivity index (χ3v) is 3.05. The van der Waals surface area contributed by atoms with E-state index >= 15 is 0 Å². The maximum atomic E-state index is 10.7. The van der Waals surface area contributed by atoms with E-state index in [1.807, 2.05) is 16.8 Å². The molecule has 108 valence electrons. The van der Waals surface area contributed by atoms with Gasteiger partial charge in [-0.1, -0.05) is 20.8 Å². The predicted octanol–water partition coefficient (Wildman–Crippen LogP) is 1.70. The molecule has 0 fully saturated rings. The van der Waals surface area contributed by atoms with Gasteiger partial charge in [0.15, 0.2) is 5.82 Å². The number of nitrogens with two attached hydrogens (primary N) is 1. The van der Waals surface area contributed by atoms with Crippen LogP contribution in [0.5, 0.6) is 0 Å². The van der Waals surface area contributed by atoms with Gasteiger partial charge >= 0.3 is 0 Å². The number of nitrogens with one attached hydrogen (secondary N) is 1. The molecule has 0 saturated carbocycles. The zero-order valence-electron chi connectivity index (χ0n) is 12.2. The molecule has 0 bridgehead atoms. The van der Waals surface area contributed by atoms with Crippen LogP contribution in [0.4, 0.5) is 5.82 Å². The second-order valence-electron chi connectivity index (χ2n) is 5.88. The molecule has 0 spiro atoms. The highest BCUT2D eigenvalue weighted by Gasteiger charge is 2.18. The summed E-state index contributed by atoms with van der Waals surface area (Å²) in [5.74, 6) is 0.498. The Hall–Kier alpha value is -2.11. The molecule has 0 atom stereocenters. The van der Waals surface area contributed by atoms with Gasteiger partial charge in [-0.15, -0.1) is 0 Å². The molecule has 0 unspecified atom stereocenters. The lowest BCUT2D eigenvalue weighted by atomic mass is 9.92. The number of hydrogen-bond donors (Lipinski definition) is 2. The lowest BCUT2D eigenvalue weighted by Gasteiger charge is -2.13. The van der Waals surface area contributed by atoms with Crippen LogP contribution in [0.25, 0.3) is 5.52 Å². The minimum Gasteiger partial charge on any atom is -0.370 e. The van der Waals surface area contributed by atoms with Gasteiger partial charge in [-0.05, 0) is 12.5 Å². The van der Waals surface area contributed by atoms with Crippen molar-refractivity contribution in [2.45, 2.75) is 39.0 Å². The molecule has 2 heterocycles. The number of rotatable bonds is 5. The fraction of sp³-hybridized carbons (Fsp3) is 0.500. The molecule has 2 aromatic rings. The fourth-order valence-electron chi connectivity index (χ4n) is 1.89. The third-order valence-electron chi connectivity index (χ3n) is 3.05. The molecule has 20 heavy (non-hydrogen) atoms. The number of anilines is 1. The van der Waals surface area contributed by atoms with Crippen LogP contribution in [-0.4, -0.2) is 27.0 Å². The van der Waals surface area contributed by atoms with E-state index in [1.165, 1.54) is 0 Å². The summed E-state index contributed by atoms with van der Waals surface area (Å²) < 4.78 is 1.82. The van der Waals surface area contributed by atoms with E-state index in [9.17, 15) is 4.79 Å². The van der Waals surface area contributed by atoms with Crippen molar-refractivity contribution in [3.8, 4) is 0 Å². The topological polar surface area (TPSA) is 85.3 Å². The molecule has 0 saturated heterocycles. The van der Waals surface area contributed by atoms with E-state index in [1.54, 1.807) is 6.20 Å². The number of fused-ring (bicyclic) bond motifs is 1. The van der Waals surface area contributed by atoms with E-state index in [2.05, 4.69) is 36.2 Å². The second-order valence-corrected chi connectivity index (χ2v) is 5.88.